The predicted molar refractivity (Wildman–Crippen MR) is 58.3 cm³/mol. The molecule has 0 bridgehead atoms. The molecular weight excluding hydrogens is 184 g/mol. The normalized spacial score (nSPS) is 15.3. The zero-order chi connectivity index (χ0) is 10.3. The third-order valence-electron chi connectivity index (χ3n) is 2.23. The van der Waals surface area contributed by atoms with Crippen LogP contribution in [0.3, 0.4) is 0 Å². The molecule has 0 aromatic carbocycles. The van der Waals surface area contributed by atoms with Crippen LogP contribution in [0.4, 0.5) is 0 Å². The summed E-state index contributed by atoms with van der Waals surface area (Å²) < 4.78 is 0. The minimum absolute atomic E-state index is 0.0254. The van der Waals surface area contributed by atoms with Crippen LogP contribution in [0.1, 0.15) is 46.0 Å². The number of carboxylic acids is 1. The maximum absolute atomic E-state index is 10.8. The molecule has 0 fully saturated rings. The number of hydrogen-bond acceptors (Lipinski definition) is 2. The molecule has 2 atom stereocenters. The van der Waals surface area contributed by atoms with Gasteiger partial charge >= 0.3 is 5.97 Å². The van der Waals surface area contributed by atoms with Crippen molar-refractivity contribution in [1.29, 1.82) is 0 Å². The van der Waals surface area contributed by atoms with Crippen LogP contribution in [-0.2, 0) is 4.79 Å². The van der Waals surface area contributed by atoms with E-state index in [1.165, 1.54) is 0 Å². The first-order valence-corrected chi connectivity index (χ1v) is 5.56. The monoisotopic (exact) mass is 204 g/mol. The van der Waals surface area contributed by atoms with Crippen molar-refractivity contribution in [2.75, 3.05) is 0 Å². The van der Waals surface area contributed by atoms with Crippen molar-refractivity contribution in [2.24, 2.45) is 5.92 Å². The van der Waals surface area contributed by atoms with Crippen LogP contribution < -0.4 is 0 Å². The summed E-state index contributed by atoms with van der Waals surface area (Å²) in [6.45, 7) is 4.12. The third-order valence-corrected chi connectivity index (χ3v) is 2.85. The van der Waals surface area contributed by atoms with E-state index < -0.39 is 5.97 Å². The average Bonchev–Trinajstić information content (AvgIpc) is 2.09. The summed E-state index contributed by atoms with van der Waals surface area (Å²) >= 11 is 4.35. The lowest BCUT2D eigenvalue weighted by molar-refractivity contribution is -0.142. The fourth-order valence-electron chi connectivity index (χ4n) is 1.41. The molecule has 0 spiro atoms. The Hall–Kier alpha value is -0.180. The van der Waals surface area contributed by atoms with Gasteiger partial charge in [0.25, 0.3) is 0 Å². The average molecular weight is 204 g/mol. The molecule has 13 heavy (non-hydrogen) atoms. The number of thiol groups is 1. The first-order chi connectivity index (χ1) is 6.13. The minimum Gasteiger partial charge on any atom is -0.481 e. The molecule has 0 radical (unpaired) electrons. The van der Waals surface area contributed by atoms with Gasteiger partial charge in [0, 0.05) is 5.25 Å². The largest absolute Gasteiger partial charge is 0.481 e. The Labute approximate surface area is 86.1 Å². The zero-order valence-electron chi connectivity index (χ0n) is 8.49. The van der Waals surface area contributed by atoms with Crippen LogP contribution >= 0.6 is 12.6 Å². The van der Waals surface area contributed by atoms with Gasteiger partial charge in [-0.1, -0.05) is 33.1 Å². The second-order valence-electron chi connectivity index (χ2n) is 3.44. The van der Waals surface area contributed by atoms with Gasteiger partial charge in [0.2, 0.25) is 0 Å². The molecule has 3 heteroatoms. The lowest BCUT2D eigenvalue weighted by Gasteiger charge is -2.18. The predicted octanol–water partition coefficient (Wildman–Crippen LogP) is 2.98. The SMILES string of the molecule is CCCCC(S)C(CCC)C(=O)O. The van der Waals surface area contributed by atoms with Crippen LogP contribution in [0.2, 0.25) is 0 Å². The highest BCUT2D eigenvalue weighted by atomic mass is 32.1. The van der Waals surface area contributed by atoms with E-state index in [0.717, 1.165) is 32.1 Å². The van der Waals surface area contributed by atoms with Crippen LogP contribution in [0, 0.1) is 5.92 Å². The second kappa shape index (κ2) is 7.25. The van der Waals surface area contributed by atoms with E-state index in [4.69, 9.17) is 5.11 Å². The number of unbranched alkanes of at least 4 members (excludes halogenated alkanes) is 1. The molecule has 0 heterocycles. The van der Waals surface area contributed by atoms with Crippen molar-refractivity contribution in [3.05, 3.63) is 0 Å². The van der Waals surface area contributed by atoms with Crippen LogP contribution in [0.15, 0.2) is 0 Å². The van der Waals surface area contributed by atoms with Gasteiger partial charge in [0.05, 0.1) is 5.92 Å². The van der Waals surface area contributed by atoms with Crippen molar-refractivity contribution in [3.8, 4) is 0 Å². The first-order valence-electron chi connectivity index (χ1n) is 5.04. The van der Waals surface area contributed by atoms with Gasteiger partial charge < -0.3 is 5.11 Å². The Morgan fingerprint density at radius 2 is 1.92 bits per heavy atom. The Morgan fingerprint density at radius 1 is 1.31 bits per heavy atom. The summed E-state index contributed by atoms with van der Waals surface area (Å²) in [6, 6.07) is 0. The summed E-state index contributed by atoms with van der Waals surface area (Å²) in [5.41, 5.74) is 0. The van der Waals surface area contributed by atoms with E-state index >= 15 is 0 Å². The van der Waals surface area contributed by atoms with Gasteiger partial charge in [-0.05, 0) is 12.8 Å². The Kier molecular flexibility index (Phi) is 7.14. The van der Waals surface area contributed by atoms with Crippen molar-refractivity contribution in [1.82, 2.24) is 0 Å². The highest BCUT2D eigenvalue weighted by molar-refractivity contribution is 7.81. The Bertz CT molecular complexity index is 148. The molecule has 2 unspecified atom stereocenters. The highest BCUT2D eigenvalue weighted by Gasteiger charge is 2.23. The standard InChI is InChI=1S/C10H20O2S/c1-3-5-7-9(13)8(6-4-2)10(11)12/h8-9,13H,3-7H2,1-2H3,(H,11,12). The van der Waals surface area contributed by atoms with Crippen LogP contribution in [-0.4, -0.2) is 16.3 Å². The molecule has 0 saturated heterocycles. The third kappa shape index (κ3) is 5.19. The molecular formula is C10H20O2S. The Morgan fingerprint density at radius 3 is 2.31 bits per heavy atom. The lowest BCUT2D eigenvalue weighted by Crippen LogP contribution is -2.24. The molecule has 0 rings (SSSR count). The van der Waals surface area contributed by atoms with Gasteiger partial charge in [-0.25, -0.2) is 0 Å². The lowest BCUT2D eigenvalue weighted by atomic mass is 9.96. The maximum atomic E-state index is 10.8. The number of rotatable bonds is 7. The van der Waals surface area contributed by atoms with Crippen LogP contribution in [0.5, 0.6) is 0 Å². The van der Waals surface area contributed by atoms with Crippen molar-refractivity contribution < 1.29 is 9.90 Å². The second-order valence-corrected chi connectivity index (χ2v) is 4.11. The molecule has 0 amide bonds. The summed E-state index contributed by atoms with van der Waals surface area (Å²) in [5, 5.41) is 8.95. The summed E-state index contributed by atoms with van der Waals surface area (Å²) in [4.78, 5) is 10.8. The van der Waals surface area contributed by atoms with Gasteiger partial charge in [-0.3, -0.25) is 4.79 Å². The summed E-state index contributed by atoms with van der Waals surface area (Å²) in [7, 11) is 0. The molecule has 0 aromatic rings. The van der Waals surface area contributed by atoms with Crippen molar-refractivity contribution in [3.63, 3.8) is 0 Å². The van der Waals surface area contributed by atoms with Crippen LogP contribution in [0.25, 0.3) is 0 Å². The molecule has 0 saturated carbocycles. The molecule has 1 N–H and O–H groups in total. The van der Waals surface area contributed by atoms with Crippen molar-refractivity contribution >= 4 is 18.6 Å². The van der Waals surface area contributed by atoms with Gasteiger partial charge in [-0.15, -0.1) is 0 Å². The number of carboxylic acid groups (broad SMARTS) is 1. The molecule has 0 aliphatic rings. The van der Waals surface area contributed by atoms with E-state index in [0.29, 0.717) is 0 Å². The fourth-order valence-corrected chi connectivity index (χ4v) is 1.87. The van der Waals surface area contributed by atoms with E-state index in [-0.39, 0.29) is 11.2 Å². The van der Waals surface area contributed by atoms with E-state index in [9.17, 15) is 4.79 Å². The fraction of sp³-hybridized carbons (Fsp3) is 0.900. The zero-order valence-corrected chi connectivity index (χ0v) is 9.39. The van der Waals surface area contributed by atoms with Gasteiger partial charge in [0.1, 0.15) is 0 Å². The Balaban J connectivity index is 3.95. The molecule has 2 nitrogen and oxygen atoms in total. The summed E-state index contributed by atoms with van der Waals surface area (Å²) in [6.07, 6.45) is 4.75. The van der Waals surface area contributed by atoms with E-state index in [1.807, 2.05) is 6.92 Å². The minimum atomic E-state index is -0.696. The molecule has 0 aliphatic heterocycles. The van der Waals surface area contributed by atoms with Gasteiger partial charge in [-0.2, -0.15) is 12.6 Å². The number of carbonyl (C=O) groups is 1. The van der Waals surface area contributed by atoms with E-state index in [1.54, 1.807) is 0 Å². The molecule has 0 aliphatic carbocycles. The smallest absolute Gasteiger partial charge is 0.307 e. The molecule has 0 aromatic heterocycles. The quantitative estimate of drug-likeness (QED) is 0.626. The molecule has 78 valence electrons. The number of aliphatic carboxylic acids is 1. The van der Waals surface area contributed by atoms with E-state index in [2.05, 4.69) is 19.6 Å². The van der Waals surface area contributed by atoms with Gasteiger partial charge in [0.15, 0.2) is 0 Å². The topological polar surface area (TPSA) is 37.3 Å². The maximum Gasteiger partial charge on any atom is 0.307 e. The highest BCUT2D eigenvalue weighted by Crippen LogP contribution is 2.21. The van der Waals surface area contributed by atoms with Crippen molar-refractivity contribution in [2.45, 2.75) is 51.2 Å². The summed E-state index contributed by atoms with van der Waals surface area (Å²) in [5.74, 6) is -0.960. The first kappa shape index (κ1) is 12.8. The number of hydrogen-bond donors (Lipinski definition) is 2.